The Balaban J connectivity index is 1.90. The van der Waals surface area contributed by atoms with Crippen molar-refractivity contribution >= 4 is 17.2 Å². The lowest BCUT2D eigenvalue weighted by Gasteiger charge is -2.21. The van der Waals surface area contributed by atoms with E-state index in [2.05, 4.69) is 68.0 Å². The molecule has 0 fully saturated rings. The molecule has 0 aromatic heterocycles. The first-order chi connectivity index (χ1) is 12.9. The van der Waals surface area contributed by atoms with Crippen molar-refractivity contribution in [2.24, 2.45) is 5.10 Å². The second kappa shape index (κ2) is 8.20. The highest BCUT2D eigenvalue weighted by molar-refractivity contribution is 6.03. The standard InChI is InChI=1S/C24H26N2O/c1-17(2)14-22(20-8-6-5-7-9-20)15-23-16-24(25-26(23)19(4)27)21-12-10-18(3)11-13-21/h5-13,23H,15-16H2,1-4H3/t23-/m0/s1. The predicted octanol–water partition coefficient (Wildman–Crippen LogP) is 5.36. The number of hydrogen-bond donors (Lipinski definition) is 0. The first kappa shape index (κ1) is 18.9. The van der Waals surface area contributed by atoms with Crippen LogP contribution in [0.15, 0.2) is 71.0 Å². The minimum atomic E-state index is -0.0216. The Morgan fingerprint density at radius 3 is 2.33 bits per heavy atom. The van der Waals surface area contributed by atoms with Crippen molar-refractivity contribution in [3.05, 3.63) is 82.6 Å². The van der Waals surface area contributed by atoms with Crippen LogP contribution in [-0.2, 0) is 4.79 Å². The van der Waals surface area contributed by atoms with Crippen molar-refractivity contribution in [2.75, 3.05) is 0 Å². The monoisotopic (exact) mass is 358 g/mol. The van der Waals surface area contributed by atoms with Gasteiger partial charge in [-0.25, -0.2) is 5.01 Å². The molecule has 2 aromatic rings. The lowest BCUT2D eigenvalue weighted by molar-refractivity contribution is -0.130. The summed E-state index contributed by atoms with van der Waals surface area (Å²) in [6.45, 7) is 7.76. The zero-order valence-corrected chi connectivity index (χ0v) is 16.5. The average molecular weight is 358 g/mol. The number of benzene rings is 2. The van der Waals surface area contributed by atoms with Crippen LogP contribution in [0.5, 0.6) is 0 Å². The molecule has 0 bridgehead atoms. The number of nitrogens with zero attached hydrogens (tertiary/aromatic N) is 2. The highest BCUT2D eigenvalue weighted by Crippen LogP contribution is 2.29. The van der Waals surface area contributed by atoms with Crippen LogP contribution >= 0.6 is 0 Å². The Kier molecular flexibility index (Phi) is 5.73. The highest BCUT2D eigenvalue weighted by Gasteiger charge is 2.30. The summed E-state index contributed by atoms with van der Waals surface area (Å²) in [6, 6.07) is 18.6. The molecule has 138 valence electrons. The van der Waals surface area contributed by atoms with E-state index in [0.717, 1.165) is 40.8 Å². The lowest BCUT2D eigenvalue weighted by Crippen LogP contribution is -2.31. The van der Waals surface area contributed by atoms with E-state index in [1.807, 2.05) is 18.2 Å². The summed E-state index contributed by atoms with van der Waals surface area (Å²) in [7, 11) is 0. The second-order valence-electron chi connectivity index (χ2n) is 7.31. The molecule has 0 unspecified atom stereocenters. The molecule has 1 heterocycles. The topological polar surface area (TPSA) is 32.7 Å². The largest absolute Gasteiger partial charge is 0.273 e. The van der Waals surface area contributed by atoms with Gasteiger partial charge in [0.2, 0.25) is 5.91 Å². The van der Waals surface area contributed by atoms with Crippen LogP contribution in [0.1, 0.15) is 50.3 Å². The zero-order chi connectivity index (χ0) is 19.4. The van der Waals surface area contributed by atoms with Gasteiger partial charge in [-0.3, -0.25) is 4.79 Å². The molecule has 0 spiro atoms. The highest BCUT2D eigenvalue weighted by atomic mass is 16.2. The van der Waals surface area contributed by atoms with Crippen LogP contribution in [0.4, 0.5) is 0 Å². The van der Waals surface area contributed by atoms with Crippen molar-refractivity contribution < 1.29 is 4.79 Å². The van der Waals surface area contributed by atoms with Crippen LogP contribution in [0.25, 0.3) is 5.57 Å². The van der Waals surface area contributed by atoms with Gasteiger partial charge in [0.1, 0.15) is 0 Å². The summed E-state index contributed by atoms with van der Waals surface area (Å²) in [5, 5.41) is 6.29. The molecule has 3 nitrogen and oxygen atoms in total. The fourth-order valence-corrected chi connectivity index (χ4v) is 3.39. The fraction of sp³-hybridized carbons (Fsp3) is 0.292. The number of carbonyl (C=O) groups excluding carboxylic acids is 1. The summed E-state index contributed by atoms with van der Waals surface area (Å²) < 4.78 is 0. The minimum absolute atomic E-state index is 0.0147. The maximum absolute atomic E-state index is 12.2. The van der Waals surface area contributed by atoms with E-state index in [0.29, 0.717) is 0 Å². The molecule has 27 heavy (non-hydrogen) atoms. The zero-order valence-electron chi connectivity index (χ0n) is 16.5. The van der Waals surface area contributed by atoms with Gasteiger partial charge in [-0.1, -0.05) is 60.2 Å². The van der Waals surface area contributed by atoms with Crippen molar-refractivity contribution in [1.82, 2.24) is 5.01 Å². The molecular weight excluding hydrogens is 332 g/mol. The lowest BCUT2D eigenvalue weighted by atomic mass is 9.94. The number of hydrazone groups is 1. The van der Waals surface area contributed by atoms with Crippen molar-refractivity contribution in [2.45, 2.75) is 46.6 Å². The number of aryl methyl sites for hydroxylation is 1. The van der Waals surface area contributed by atoms with E-state index in [1.54, 1.807) is 11.9 Å². The molecule has 1 aliphatic rings. The quantitative estimate of drug-likeness (QED) is 0.677. The Hall–Kier alpha value is -2.90. The van der Waals surface area contributed by atoms with E-state index in [1.165, 1.54) is 5.56 Å². The number of rotatable bonds is 4. The van der Waals surface area contributed by atoms with Crippen molar-refractivity contribution in [3.63, 3.8) is 0 Å². The van der Waals surface area contributed by atoms with Crippen LogP contribution in [0, 0.1) is 6.92 Å². The summed E-state index contributed by atoms with van der Waals surface area (Å²) in [5.41, 5.74) is 10.2. The molecule has 0 saturated heterocycles. The van der Waals surface area contributed by atoms with Crippen LogP contribution in [0.3, 0.4) is 0 Å². The third kappa shape index (κ3) is 4.64. The first-order valence-electron chi connectivity index (χ1n) is 9.37. The van der Waals surface area contributed by atoms with E-state index in [-0.39, 0.29) is 11.9 Å². The normalized spacial score (nSPS) is 15.9. The maximum atomic E-state index is 12.2. The van der Waals surface area contributed by atoms with E-state index in [4.69, 9.17) is 0 Å². The molecule has 3 heteroatoms. The van der Waals surface area contributed by atoms with Gasteiger partial charge in [-0.05, 0) is 37.5 Å². The first-order valence-corrected chi connectivity index (χ1v) is 9.37. The van der Waals surface area contributed by atoms with Gasteiger partial charge in [0.05, 0.1) is 11.8 Å². The van der Waals surface area contributed by atoms with E-state index >= 15 is 0 Å². The Labute approximate surface area is 161 Å². The Morgan fingerprint density at radius 1 is 1.07 bits per heavy atom. The molecule has 0 aliphatic carbocycles. The number of carbonyl (C=O) groups is 1. The molecule has 2 aromatic carbocycles. The third-order valence-electron chi connectivity index (χ3n) is 4.67. The molecule has 0 saturated carbocycles. The van der Waals surface area contributed by atoms with Crippen molar-refractivity contribution in [3.8, 4) is 0 Å². The van der Waals surface area contributed by atoms with Crippen molar-refractivity contribution in [1.29, 1.82) is 0 Å². The van der Waals surface area contributed by atoms with E-state index in [9.17, 15) is 4.79 Å². The fourth-order valence-electron chi connectivity index (χ4n) is 3.39. The predicted molar refractivity (Wildman–Crippen MR) is 111 cm³/mol. The van der Waals surface area contributed by atoms with Gasteiger partial charge >= 0.3 is 0 Å². The summed E-state index contributed by atoms with van der Waals surface area (Å²) in [4.78, 5) is 12.2. The van der Waals surface area contributed by atoms with Gasteiger partial charge in [-0.2, -0.15) is 5.10 Å². The van der Waals surface area contributed by atoms with Gasteiger partial charge in [0.25, 0.3) is 0 Å². The van der Waals surface area contributed by atoms with Gasteiger partial charge in [0.15, 0.2) is 0 Å². The summed E-state index contributed by atoms with van der Waals surface area (Å²) in [6.07, 6.45) is 1.48. The Bertz CT molecular complexity index is 913. The SMILES string of the molecule is CC(=O)N1N=C(c2ccc(C)cc2)C[C@@H]1CC(=C=C(C)C)c1ccccc1. The maximum Gasteiger partial charge on any atom is 0.239 e. The molecular formula is C24H26N2O. The smallest absolute Gasteiger partial charge is 0.239 e. The van der Waals surface area contributed by atoms with Crippen LogP contribution < -0.4 is 0 Å². The average Bonchev–Trinajstić information content (AvgIpc) is 3.06. The molecule has 0 radical (unpaired) electrons. The van der Waals surface area contributed by atoms with E-state index < -0.39 is 0 Å². The van der Waals surface area contributed by atoms with Gasteiger partial charge in [0, 0.05) is 25.3 Å². The van der Waals surface area contributed by atoms with Crippen LogP contribution in [0.2, 0.25) is 0 Å². The number of amides is 1. The minimum Gasteiger partial charge on any atom is -0.273 e. The molecule has 3 rings (SSSR count). The van der Waals surface area contributed by atoms with Gasteiger partial charge in [-0.15, -0.1) is 5.73 Å². The van der Waals surface area contributed by atoms with Gasteiger partial charge < -0.3 is 0 Å². The molecule has 1 amide bonds. The molecule has 1 atom stereocenters. The molecule has 1 aliphatic heterocycles. The molecule has 0 N–H and O–H groups in total. The van der Waals surface area contributed by atoms with Crippen LogP contribution in [-0.4, -0.2) is 22.7 Å². The summed E-state index contributed by atoms with van der Waals surface area (Å²) in [5.74, 6) is -0.0216. The Morgan fingerprint density at radius 2 is 1.74 bits per heavy atom. The third-order valence-corrected chi connectivity index (χ3v) is 4.67. The second-order valence-corrected chi connectivity index (χ2v) is 7.31. The summed E-state index contributed by atoms with van der Waals surface area (Å²) >= 11 is 0. The number of hydrogen-bond acceptors (Lipinski definition) is 2.